The van der Waals surface area contributed by atoms with Crippen LogP contribution in [0.1, 0.15) is 36.8 Å². The van der Waals surface area contributed by atoms with Crippen molar-refractivity contribution in [1.29, 1.82) is 0 Å². The van der Waals surface area contributed by atoms with Gasteiger partial charge < -0.3 is 20.9 Å². The van der Waals surface area contributed by atoms with Crippen molar-refractivity contribution in [2.75, 3.05) is 29.6 Å². The average molecular weight is 449 g/mol. The minimum atomic E-state index is 0.366. The fourth-order valence-corrected chi connectivity index (χ4v) is 4.52. The van der Waals surface area contributed by atoms with Crippen LogP contribution in [-0.4, -0.2) is 41.3 Å². The summed E-state index contributed by atoms with van der Waals surface area (Å²) in [6, 6.07) is 15.3. The van der Waals surface area contributed by atoms with E-state index < -0.39 is 0 Å². The van der Waals surface area contributed by atoms with Gasteiger partial charge in [-0.1, -0.05) is 24.3 Å². The van der Waals surface area contributed by atoms with E-state index >= 15 is 0 Å². The number of rotatable bonds is 5. The average Bonchev–Trinajstić information content (AvgIpc) is 2.77. The summed E-state index contributed by atoms with van der Waals surface area (Å²) in [5.74, 6) is 1.65. The zero-order valence-electron chi connectivity index (χ0n) is 19.3. The number of anilines is 3. The highest BCUT2D eigenvalue weighted by Crippen LogP contribution is 2.26. The summed E-state index contributed by atoms with van der Waals surface area (Å²) in [6.07, 6.45) is 4.22. The number of hydrogen-bond acceptors (Lipinski definition) is 5. The van der Waals surface area contributed by atoms with Crippen LogP contribution in [0.15, 0.2) is 42.5 Å². The first-order valence-electron chi connectivity index (χ1n) is 11.2. The molecule has 1 aliphatic rings. The van der Waals surface area contributed by atoms with Crippen LogP contribution < -0.4 is 20.9 Å². The lowest BCUT2D eigenvalue weighted by Crippen LogP contribution is -2.42. The van der Waals surface area contributed by atoms with E-state index in [0.29, 0.717) is 23.1 Å². The second-order valence-corrected chi connectivity index (χ2v) is 9.30. The quantitative estimate of drug-likeness (QED) is 0.474. The Bertz CT molecular complexity index is 1100. The fraction of sp³-hybridized carbons (Fsp3) is 0.400. The normalized spacial score (nSPS) is 18.2. The molecule has 1 fully saturated rings. The molecule has 0 atom stereocenters. The molecular weight excluding hydrogens is 416 g/mol. The van der Waals surface area contributed by atoms with Crippen LogP contribution in [0.3, 0.4) is 0 Å². The van der Waals surface area contributed by atoms with E-state index in [9.17, 15) is 0 Å². The van der Waals surface area contributed by atoms with Crippen LogP contribution in [0.25, 0.3) is 10.9 Å². The van der Waals surface area contributed by atoms with Gasteiger partial charge >= 0.3 is 0 Å². The maximum absolute atomic E-state index is 5.58. The monoisotopic (exact) mass is 448 g/mol. The van der Waals surface area contributed by atoms with Gasteiger partial charge in [-0.05, 0) is 81.1 Å². The van der Waals surface area contributed by atoms with E-state index in [4.69, 9.17) is 22.2 Å². The van der Waals surface area contributed by atoms with E-state index in [-0.39, 0.29) is 0 Å². The molecule has 0 amide bonds. The highest BCUT2D eigenvalue weighted by atomic mass is 32.1. The van der Waals surface area contributed by atoms with Crippen molar-refractivity contribution in [2.45, 2.75) is 51.6 Å². The molecule has 1 saturated carbocycles. The molecule has 0 bridgehead atoms. The minimum Gasteiger partial charge on any atom is -0.362 e. The third kappa shape index (κ3) is 5.27. The van der Waals surface area contributed by atoms with Gasteiger partial charge in [-0.15, -0.1) is 0 Å². The number of fused-ring (bicyclic) bond motifs is 1. The first-order chi connectivity index (χ1) is 15.4. The molecule has 0 saturated heterocycles. The Kier molecular flexibility index (Phi) is 6.74. The molecule has 0 spiro atoms. The van der Waals surface area contributed by atoms with Gasteiger partial charge in [-0.2, -0.15) is 4.98 Å². The molecule has 1 heterocycles. The molecule has 4 rings (SSSR count). The number of aromatic nitrogens is 2. The van der Waals surface area contributed by atoms with Crippen LogP contribution in [0, 0.1) is 13.8 Å². The van der Waals surface area contributed by atoms with Gasteiger partial charge in [-0.25, -0.2) is 4.98 Å². The largest absolute Gasteiger partial charge is 0.362 e. The van der Waals surface area contributed by atoms with E-state index in [2.05, 4.69) is 54.1 Å². The molecule has 0 unspecified atom stereocenters. The summed E-state index contributed by atoms with van der Waals surface area (Å²) >= 11 is 5.58. The van der Waals surface area contributed by atoms with Crippen LogP contribution in [0.4, 0.5) is 17.5 Å². The Morgan fingerprint density at radius 3 is 2.44 bits per heavy atom. The maximum atomic E-state index is 5.58. The van der Waals surface area contributed by atoms with Crippen molar-refractivity contribution in [3.05, 3.63) is 53.6 Å². The molecule has 0 aliphatic heterocycles. The third-order valence-electron chi connectivity index (χ3n) is 6.04. The zero-order valence-corrected chi connectivity index (χ0v) is 20.1. The molecular formula is C25H32N6S. The molecule has 7 heteroatoms. The highest BCUT2D eigenvalue weighted by Gasteiger charge is 2.23. The fourth-order valence-electron chi connectivity index (χ4n) is 4.24. The Balaban J connectivity index is 1.33. The lowest BCUT2D eigenvalue weighted by molar-refractivity contribution is 0.387. The van der Waals surface area contributed by atoms with Gasteiger partial charge in [0.1, 0.15) is 5.82 Å². The molecule has 6 nitrogen and oxygen atoms in total. The number of nitrogens with zero attached hydrogens (tertiary/aromatic N) is 3. The minimum absolute atomic E-state index is 0.366. The summed E-state index contributed by atoms with van der Waals surface area (Å²) < 4.78 is 0. The lowest BCUT2D eigenvalue weighted by atomic mass is 9.91. The van der Waals surface area contributed by atoms with Gasteiger partial charge in [0.15, 0.2) is 5.11 Å². The SMILES string of the molecule is Cc1ccc(C)c(NC(=S)NC2CCC(Nc3nc(N(C)C)c4ccccc4n3)CC2)c1. The highest BCUT2D eigenvalue weighted by molar-refractivity contribution is 7.80. The van der Waals surface area contributed by atoms with Gasteiger partial charge in [0, 0.05) is 37.3 Å². The van der Waals surface area contributed by atoms with Crippen molar-refractivity contribution in [1.82, 2.24) is 15.3 Å². The number of benzene rings is 2. The van der Waals surface area contributed by atoms with E-state index in [1.165, 1.54) is 11.1 Å². The number of nitrogens with one attached hydrogen (secondary N) is 3. The summed E-state index contributed by atoms with van der Waals surface area (Å²) in [4.78, 5) is 11.6. The summed E-state index contributed by atoms with van der Waals surface area (Å²) in [5.41, 5.74) is 4.45. The molecule has 2 aromatic carbocycles. The summed E-state index contributed by atoms with van der Waals surface area (Å²) in [7, 11) is 4.04. The molecule has 3 N–H and O–H groups in total. The Hall–Kier alpha value is -2.93. The molecule has 1 aromatic heterocycles. The van der Waals surface area contributed by atoms with Crippen molar-refractivity contribution in [2.24, 2.45) is 0 Å². The van der Waals surface area contributed by atoms with E-state index in [1.54, 1.807) is 0 Å². The van der Waals surface area contributed by atoms with E-state index in [1.807, 2.05) is 37.2 Å². The van der Waals surface area contributed by atoms with Crippen molar-refractivity contribution in [3.63, 3.8) is 0 Å². The number of hydrogen-bond donors (Lipinski definition) is 3. The number of para-hydroxylation sites is 1. The molecule has 32 heavy (non-hydrogen) atoms. The first kappa shape index (κ1) is 22.3. The Morgan fingerprint density at radius 2 is 1.69 bits per heavy atom. The molecule has 1 aliphatic carbocycles. The van der Waals surface area contributed by atoms with Gasteiger partial charge in [-0.3, -0.25) is 0 Å². The third-order valence-corrected chi connectivity index (χ3v) is 6.26. The number of aryl methyl sites for hydroxylation is 2. The van der Waals surface area contributed by atoms with Crippen molar-refractivity contribution in [3.8, 4) is 0 Å². The second kappa shape index (κ2) is 9.69. The smallest absolute Gasteiger partial charge is 0.225 e. The summed E-state index contributed by atoms with van der Waals surface area (Å²) in [6.45, 7) is 4.19. The summed E-state index contributed by atoms with van der Waals surface area (Å²) in [5, 5.41) is 12.2. The van der Waals surface area contributed by atoms with Gasteiger partial charge in [0.2, 0.25) is 5.95 Å². The Labute approximate surface area is 195 Å². The lowest BCUT2D eigenvalue weighted by Gasteiger charge is -2.30. The van der Waals surface area contributed by atoms with Crippen molar-refractivity contribution >= 4 is 45.7 Å². The van der Waals surface area contributed by atoms with Crippen molar-refractivity contribution < 1.29 is 0 Å². The topological polar surface area (TPSA) is 65.1 Å². The van der Waals surface area contributed by atoms with Crippen LogP contribution in [-0.2, 0) is 0 Å². The maximum Gasteiger partial charge on any atom is 0.225 e. The molecule has 0 radical (unpaired) electrons. The predicted octanol–water partition coefficient (Wildman–Crippen LogP) is 5.02. The molecule has 3 aromatic rings. The second-order valence-electron chi connectivity index (χ2n) is 8.89. The Morgan fingerprint density at radius 1 is 0.969 bits per heavy atom. The van der Waals surface area contributed by atoms with Crippen LogP contribution in [0.5, 0.6) is 0 Å². The van der Waals surface area contributed by atoms with E-state index in [0.717, 1.165) is 48.1 Å². The van der Waals surface area contributed by atoms with Gasteiger partial charge in [0.05, 0.1) is 5.52 Å². The predicted molar refractivity (Wildman–Crippen MR) is 139 cm³/mol. The van der Waals surface area contributed by atoms with Crippen LogP contribution in [0.2, 0.25) is 0 Å². The molecule has 168 valence electrons. The zero-order chi connectivity index (χ0) is 22.7. The van der Waals surface area contributed by atoms with Gasteiger partial charge in [0.25, 0.3) is 0 Å². The number of thiocarbonyl (C=S) groups is 1. The first-order valence-corrected chi connectivity index (χ1v) is 11.7. The van der Waals surface area contributed by atoms with Crippen LogP contribution >= 0.6 is 12.2 Å². The standard InChI is InChI=1S/C25H32N6S/c1-16-9-10-17(2)22(15-16)29-25(32)27-19-13-11-18(12-14-19)26-24-28-21-8-6-5-7-20(21)23(30-24)31(3)4/h5-10,15,18-19H,11-14H2,1-4H3,(H,26,28,30)(H2,27,29,32).